The minimum absolute atomic E-state index is 0.103. The van der Waals surface area contributed by atoms with E-state index in [0.717, 1.165) is 0 Å². The van der Waals surface area contributed by atoms with Gasteiger partial charge in [0.25, 0.3) is 0 Å². The van der Waals surface area contributed by atoms with Crippen LogP contribution in [0.4, 0.5) is 5.69 Å². The van der Waals surface area contributed by atoms with Crippen molar-refractivity contribution in [2.45, 2.75) is 6.92 Å². The molecule has 2 aromatic carbocycles. The first kappa shape index (κ1) is 22.5. The summed E-state index contributed by atoms with van der Waals surface area (Å²) in [5.41, 5.74) is 1.73. The molecule has 0 heterocycles. The summed E-state index contributed by atoms with van der Waals surface area (Å²) in [4.78, 5) is 36.4. The molecular formula is C22H23NO7. The lowest BCUT2D eigenvalue weighted by Gasteiger charge is -2.12. The van der Waals surface area contributed by atoms with E-state index >= 15 is 0 Å². The number of allylic oxidation sites excluding steroid dienone is 1. The quantitative estimate of drug-likeness (QED) is 0.549. The van der Waals surface area contributed by atoms with Gasteiger partial charge in [0.15, 0.2) is 0 Å². The van der Waals surface area contributed by atoms with E-state index in [4.69, 9.17) is 14.2 Å². The van der Waals surface area contributed by atoms with Gasteiger partial charge in [-0.05, 0) is 42.8 Å². The summed E-state index contributed by atoms with van der Waals surface area (Å²) in [5, 5.41) is 2.62. The number of hydrogen-bond acceptors (Lipinski definition) is 7. The summed E-state index contributed by atoms with van der Waals surface area (Å²) in [5.74, 6) is -0.595. The van der Waals surface area contributed by atoms with E-state index in [1.807, 2.05) is 0 Å². The van der Waals surface area contributed by atoms with Gasteiger partial charge in [-0.2, -0.15) is 0 Å². The van der Waals surface area contributed by atoms with Crippen molar-refractivity contribution >= 4 is 29.1 Å². The van der Waals surface area contributed by atoms with Gasteiger partial charge in [0.05, 0.1) is 45.3 Å². The van der Waals surface area contributed by atoms with Gasteiger partial charge >= 0.3 is 11.9 Å². The van der Waals surface area contributed by atoms with Crippen molar-refractivity contribution in [2.24, 2.45) is 0 Å². The number of carbonyl (C=O) groups is 3. The molecule has 8 nitrogen and oxygen atoms in total. The van der Waals surface area contributed by atoms with Gasteiger partial charge in [0.2, 0.25) is 5.91 Å². The van der Waals surface area contributed by atoms with Gasteiger partial charge in [-0.1, -0.05) is 0 Å². The van der Waals surface area contributed by atoms with Gasteiger partial charge in [0.1, 0.15) is 11.5 Å². The Hall–Kier alpha value is -3.81. The Kier molecular flexibility index (Phi) is 7.57. The highest BCUT2D eigenvalue weighted by molar-refractivity contribution is 6.08. The van der Waals surface area contributed by atoms with Crippen LogP contribution >= 0.6 is 0 Å². The van der Waals surface area contributed by atoms with Crippen LogP contribution in [0.3, 0.4) is 0 Å². The summed E-state index contributed by atoms with van der Waals surface area (Å²) in [6.45, 7) is 1.75. The molecule has 8 heteroatoms. The third kappa shape index (κ3) is 5.16. The first-order chi connectivity index (χ1) is 14.3. The normalized spacial score (nSPS) is 10.8. The molecule has 0 aliphatic rings. The molecule has 30 heavy (non-hydrogen) atoms. The van der Waals surface area contributed by atoms with Crippen LogP contribution in [0.15, 0.2) is 42.5 Å². The summed E-state index contributed by atoms with van der Waals surface area (Å²) in [6, 6.07) is 9.39. The molecule has 0 aliphatic carbocycles. The van der Waals surface area contributed by atoms with Gasteiger partial charge < -0.3 is 24.3 Å². The predicted molar refractivity (Wildman–Crippen MR) is 111 cm³/mol. The average Bonchev–Trinajstić information content (AvgIpc) is 2.77. The van der Waals surface area contributed by atoms with Gasteiger partial charge in [-0.3, -0.25) is 4.79 Å². The monoisotopic (exact) mass is 413 g/mol. The van der Waals surface area contributed by atoms with E-state index in [1.165, 1.54) is 45.6 Å². The van der Waals surface area contributed by atoms with E-state index in [-0.39, 0.29) is 16.8 Å². The molecule has 1 amide bonds. The molecule has 158 valence electrons. The van der Waals surface area contributed by atoms with Gasteiger partial charge in [0, 0.05) is 17.7 Å². The number of benzene rings is 2. The first-order valence-corrected chi connectivity index (χ1v) is 8.87. The second-order valence-corrected chi connectivity index (χ2v) is 6.13. The number of hydrogen-bond donors (Lipinski definition) is 1. The van der Waals surface area contributed by atoms with E-state index in [9.17, 15) is 14.4 Å². The average molecular weight is 413 g/mol. The molecule has 0 saturated carbocycles. The third-order valence-electron chi connectivity index (χ3n) is 4.28. The molecule has 0 atom stereocenters. The molecule has 0 bridgehead atoms. The van der Waals surface area contributed by atoms with Gasteiger partial charge in [-0.15, -0.1) is 0 Å². The second-order valence-electron chi connectivity index (χ2n) is 6.13. The largest absolute Gasteiger partial charge is 0.497 e. The summed E-state index contributed by atoms with van der Waals surface area (Å²) < 4.78 is 20.0. The Morgan fingerprint density at radius 1 is 0.833 bits per heavy atom. The fourth-order valence-corrected chi connectivity index (χ4v) is 2.75. The SMILES string of the molecule is COC(=O)c1ccc(C(=O)OC)c(NC(=O)/C=C(\C)c2ccc(OC)cc2OC)c1. The van der Waals surface area contributed by atoms with Crippen LogP contribution in [0.2, 0.25) is 0 Å². The van der Waals surface area contributed by atoms with Crippen LogP contribution in [0, 0.1) is 0 Å². The maximum Gasteiger partial charge on any atom is 0.339 e. The third-order valence-corrected chi connectivity index (χ3v) is 4.28. The summed E-state index contributed by atoms with van der Waals surface area (Å²) in [6.07, 6.45) is 1.36. The second kappa shape index (κ2) is 10.1. The van der Waals surface area contributed by atoms with Crippen molar-refractivity contribution in [3.63, 3.8) is 0 Å². The van der Waals surface area contributed by atoms with E-state index in [1.54, 1.807) is 32.2 Å². The number of rotatable bonds is 7. The maximum atomic E-state index is 12.6. The van der Waals surface area contributed by atoms with E-state index in [2.05, 4.69) is 10.1 Å². The lowest BCUT2D eigenvalue weighted by Crippen LogP contribution is -2.15. The number of anilines is 1. The molecule has 1 N–H and O–H groups in total. The molecule has 0 radical (unpaired) electrons. The van der Waals surface area contributed by atoms with Crippen molar-refractivity contribution in [2.75, 3.05) is 33.8 Å². The zero-order valence-corrected chi connectivity index (χ0v) is 17.4. The van der Waals surface area contributed by atoms with Crippen LogP contribution in [-0.2, 0) is 14.3 Å². The maximum absolute atomic E-state index is 12.6. The topological polar surface area (TPSA) is 100 Å². The van der Waals surface area contributed by atoms with Crippen molar-refractivity contribution in [3.05, 3.63) is 59.2 Å². The van der Waals surface area contributed by atoms with Crippen LogP contribution < -0.4 is 14.8 Å². The molecule has 0 spiro atoms. The summed E-state index contributed by atoms with van der Waals surface area (Å²) in [7, 11) is 5.53. The van der Waals surface area contributed by atoms with Crippen LogP contribution in [-0.4, -0.2) is 46.3 Å². The Morgan fingerprint density at radius 3 is 2.10 bits per heavy atom. The molecule has 0 aromatic heterocycles. The van der Waals surface area contributed by atoms with Crippen LogP contribution in [0.1, 0.15) is 33.2 Å². The Morgan fingerprint density at radius 2 is 1.50 bits per heavy atom. The number of methoxy groups -OCH3 is 4. The molecule has 2 aromatic rings. The lowest BCUT2D eigenvalue weighted by atomic mass is 10.0. The van der Waals surface area contributed by atoms with E-state index in [0.29, 0.717) is 22.6 Å². The van der Waals surface area contributed by atoms with Crippen molar-refractivity contribution in [1.29, 1.82) is 0 Å². The molecule has 0 unspecified atom stereocenters. The zero-order chi connectivity index (χ0) is 22.3. The number of esters is 2. The number of amides is 1. The number of ether oxygens (including phenoxy) is 4. The van der Waals surface area contributed by atoms with E-state index < -0.39 is 17.8 Å². The highest BCUT2D eigenvalue weighted by Crippen LogP contribution is 2.30. The minimum Gasteiger partial charge on any atom is -0.497 e. The molecule has 0 aliphatic heterocycles. The van der Waals surface area contributed by atoms with Gasteiger partial charge in [-0.25, -0.2) is 9.59 Å². The van der Waals surface area contributed by atoms with Crippen LogP contribution in [0.25, 0.3) is 5.57 Å². The smallest absolute Gasteiger partial charge is 0.339 e. The van der Waals surface area contributed by atoms with Crippen molar-refractivity contribution < 1.29 is 33.3 Å². The summed E-state index contributed by atoms with van der Waals surface area (Å²) >= 11 is 0. The Labute approximate surface area is 174 Å². The molecule has 0 fully saturated rings. The van der Waals surface area contributed by atoms with Crippen LogP contribution in [0.5, 0.6) is 11.5 Å². The molecular weight excluding hydrogens is 390 g/mol. The predicted octanol–water partition coefficient (Wildman–Crippen LogP) is 3.32. The first-order valence-electron chi connectivity index (χ1n) is 8.87. The Balaban J connectivity index is 2.36. The molecule has 2 rings (SSSR count). The van der Waals surface area contributed by atoms with Crippen molar-refractivity contribution in [1.82, 2.24) is 0 Å². The standard InChI is InChI=1S/C22H23NO7/c1-13(16-9-7-15(27-2)12-19(16)28-3)10-20(24)23-18-11-14(21(25)29-4)6-8-17(18)22(26)30-5/h6-12H,1-5H3,(H,23,24)/b13-10+. The Bertz CT molecular complexity index is 995. The highest BCUT2D eigenvalue weighted by Gasteiger charge is 2.17. The fourth-order valence-electron chi connectivity index (χ4n) is 2.75. The molecule has 0 saturated heterocycles. The lowest BCUT2D eigenvalue weighted by molar-refractivity contribution is -0.111. The number of carbonyl (C=O) groups excluding carboxylic acids is 3. The zero-order valence-electron chi connectivity index (χ0n) is 17.4. The van der Waals surface area contributed by atoms with Crippen molar-refractivity contribution in [3.8, 4) is 11.5 Å². The number of nitrogens with one attached hydrogen (secondary N) is 1. The minimum atomic E-state index is -0.653. The highest BCUT2D eigenvalue weighted by atomic mass is 16.5. The fraction of sp³-hybridized carbons (Fsp3) is 0.227.